The molecule has 0 bridgehead atoms. The molecule has 2 aromatic heterocycles. The van der Waals surface area contributed by atoms with Crippen LogP contribution in [0, 0.1) is 6.92 Å². The highest BCUT2D eigenvalue weighted by Crippen LogP contribution is 2.25. The maximum absolute atomic E-state index is 13.1. The lowest BCUT2D eigenvalue weighted by atomic mass is 10.1. The Morgan fingerprint density at radius 2 is 2.12 bits per heavy atom. The topological polar surface area (TPSA) is 86.3 Å². The molecule has 0 saturated carbocycles. The average molecular weight is 374 g/mol. The van der Waals surface area contributed by atoms with E-state index < -0.39 is 0 Å². The van der Waals surface area contributed by atoms with Crippen LogP contribution in [-0.2, 0) is 4.74 Å². The van der Waals surface area contributed by atoms with E-state index in [0.29, 0.717) is 41.9 Å². The first-order valence-corrected chi connectivity index (χ1v) is 8.48. The van der Waals surface area contributed by atoms with Gasteiger partial charge in [-0.1, -0.05) is 16.8 Å². The van der Waals surface area contributed by atoms with Crippen LogP contribution >= 0.6 is 11.6 Å². The Bertz CT molecular complexity index is 907. The summed E-state index contributed by atoms with van der Waals surface area (Å²) in [4.78, 5) is 18.9. The van der Waals surface area contributed by atoms with E-state index in [1.54, 1.807) is 27.9 Å². The monoisotopic (exact) mass is 373 g/mol. The molecule has 4 rings (SSSR count). The Kier molecular flexibility index (Phi) is 4.44. The van der Waals surface area contributed by atoms with Crippen molar-refractivity contribution in [3.8, 4) is 5.69 Å². The van der Waals surface area contributed by atoms with Gasteiger partial charge in [0.25, 0.3) is 5.91 Å². The highest BCUT2D eigenvalue weighted by Gasteiger charge is 2.33. The van der Waals surface area contributed by atoms with Crippen molar-refractivity contribution in [3.05, 3.63) is 59.0 Å². The molecule has 0 aliphatic carbocycles. The van der Waals surface area contributed by atoms with E-state index in [-0.39, 0.29) is 11.9 Å². The molecule has 134 valence electrons. The van der Waals surface area contributed by atoms with E-state index in [4.69, 9.17) is 20.9 Å². The molecule has 9 heteroatoms. The fourth-order valence-corrected chi connectivity index (χ4v) is 3.06. The fraction of sp³-hybridized carbons (Fsp3) is 0.294. The van der Waals surface area contributed by atoms with Crippen LogP contribution in [0.1, 0.15) is 27.9 Å². The first-order valence-electron chi connectivity index (χ1n) is 8.10. The van der Waals surface area contributed by atoms with E-state index in [2.05, 4.69) is 15.2 Å². The number of rotatable bonds is 3. The summed E-state index contributed by atoms with van der Waals surface area (Å²) in [6.45, 7) is 3.05. The van der Waals surface area contributed by atoms with Gasteiger partial charge in [0.2, 0.25) is 6.39 Å². The second kappa shape index (κ2) is 6.89. The van der Waals surface area contributed by atoms with Crippen LogP contribution in [0.25, 0.3) is 5.69 Å². The summed E-state index contributed by atoms with van der Waals surface area (Å²) >= 11 is 5.93. The quantitative estimate of drug-likeness (QED) is 0.700. The van der Waals surface area contributed by atoms with Crippen LogP contribution in [-0.4, -0.2) is 50.5 Å². The Morgan fingerprint density at radius 3 is 2.85 bits per heavy atom. The first-order chi connectivity index (χ1) is 12.6. The van der Waals surface area contributed by atoms with Gasteiger partial charge in [0.05, 0.1) is 30.2 Å². The molecular weight excluding hydrogens is 358 g/mol. The van der Waals surface area contributed by atoms with Crippen LogP contribution in [0.4, 0.5) is 0 Å². The van der Waals surface area contributed by atoms with Crippen LogP contribution in [0.5, 0.6) is 0 Å². The predicted molar refractivity (Wildman–Crippen MR) is 92.2 cm³/mol. The summed E-state index contributed by atoms with van der Waals surface area (Å²) < 4.78 is 12.0. The molecule has 1 saturated heterocycles. The van der Waals surface area contributed by atoms with E-state index in [1.165, 1.54) is 6.39 Å². The second-order valence-electron chi connectivity index (χ2n) is 5.93. The molecule has 0 radical (unpaired) electrons. The van der Waals surface area contributed by atoms with Gasteiger partial charge in [-0.3, -0.25) is 4.79 Å². The van der Waals surface area contributed by atoms with Crippen molar-refractivity contribution in [1.29, 1.82) is 0 Å². The van der Waals surface area contributed by atoms with Crippen molar-refractivity contribution in [1.82, 2.24) is 24.8 Å². The number of carbonyl (C=O) groups excluding carboxylic acids is 1. The lowest BCUT2D eigenvalue weighted by molar-refractivity contribution is -0.00581. The Hall–Kier alpha value is -2.71. The Balaban J connectivity index is 1.64. The van der Waals surface area contributed by atoms with E-state index >= 15 is 0 Å². The lowest BCUT2D eigenvalue weighted by Crippen LogP contribution is -2.44. The molecule has 26 heavy (non-hydrogen) atoms. The van der Waals surface area contributed by atoms with Gasteiger partial charge in [0.1, 0.15) is 6.04 Å². The summed E-state index contributed by atoms with van der Waals surface area (Å²) in [6.07, 6.45) is 2.97. The summed E-state index contributed by atoms with van der Waals surface area (Å²) in [5, 5.41) is 8.96. The molecule has 0 spiro atoms. The van der Waals surface area contributed by atoms with Crippen molar-refractivity contribution in [2.45, 2.75) is 13.0 Å². The van der Waals surface area contributed by atoms with Crippen molar-refractivity contribution in [2.75, 3.05) is 19.8 Å². The van der Waals surface area contributed by atoms with Crippen molar-refractivity contribution >= 4 is 17.5 Å². The number of carbonyl (C=O) groups is 1. The van der Waals surface area contributed by atoms with Crippen molar-refractivity contribution in [2.24, 2.45) is 0 Å². The van der Waals surface area contributed by atoms with Crippen LogP contribution < -0.4 is 0 Å². The highest BCUT2D eigenvalue weighted by molar-refractivity contribution is 6.30. The molecule has 1 aromatic carbocycles. The van der Waals surface area contributed by atoms with Gasteiger partial charge >= 0.3 is 0 Å². The number of halogens is 1. The minimum Gasteiger partial charge on any atom is -0.377 e. The molecule has 1 unspecified atom stereocenters. The Labute approximate surface area is 154 Å². The lowest BCUT2D eigenvalue weighted by Gasteiger charge is -2.33. The molecule has 1 aliphatic heterocycles. The molecule has 1 fully saturated rings. The highest BCUT2D eigenvalue weighted by atomic mass is 35.5. The number of morpholine rings is 1. The number of benzene rings is 1. The van der Waals surface area contributed by atoms with E-state index in [1.807, 2.05) is 19.1 Å². The average Bonchev–Trinajstić information content (AvgIpc) is 3.32. The fourth-order valence-electron chi connectivity index (χ4n) is 2.94. The summed E-state index contributed by atoms with van der Waals surface area (Å²) in [5.41, 5.74) is 1.99. The SMILES string of the molecule is Cc1nn(-c2ccc(Cl)cc2)cc1C(=O)N1CCOCC1c1ncon1. The van der Waals surface area contributed by atoms with Crippen LogP contribution in [0.2, 0.25) is 5.02 Å². The first kappa shape index (κ1) is 16.7. The molecule has 0 N–H and O–H groups in total. The normalized spacial score (nSPS) is 17.5. The second-order valence-corrected chi connectivity index (χ2v) is 6.36. The number of hydrogen-bond donors (Lipinski definition) is 0. The summed E-state index contributed by atoms with van der Waals surface area (Å²) in [5.74, 6) is 0.293. The molecule has 3 heterocycles. The number of amides is 1. The third-order valence-electron chi connectivity index (χ3n) is 4.29. The molecule has 1 aliphatic rings. The number of hydrogen-bond acceptors (Lipinski definition) is 6. The number of aryl methyl sites for hydroxylation is 1. The zero-order valence-corrected chi connectivity index (χ0v) is 14.8. The smallest absolute Gasteiger partial charge is 0.258 e. The summed E-state index contributed by atoms with van der Waals surface area (Å²) in [6, 6.07) is 6.88. The third-order valence-corrected chi connectivity index (χ3v) is 4.54. The van der Waals surface area contributed by atoms with Gasteiger partial charge in [0.15, 0.2) is 5.82 Å². The van der Waals surface area contributed by atoms with Crippen LogP contribution in [0.3, 0.4) is 0 Å². The molecule has 3 aromatic rings. The van der Waals surface area contributed by atoms with Crippen molar-refractivity contribution in [3.63, 3.8) is 0 Å². The van der Waals surface area contributed by atoms with Gasteiger partial charge < -0.3 is 14.2 Å². The largest absolute Gasteiger partial charge is 0.377 e. The van der Waals surface area contributed by atoms with Gasteiger partial charge in [-0.25, -0.2) is 4.68 Å². The maximum Gasteiger partial charge on any atom is 0.258 e. The Morgan fingerprint density at radius 1 is 1.31 bits per heavy atom. The van der Waals surface area contributed by atoms with Gasteiger partial charge in [0, 0.05) is 17.8 Å². The number of nitrogens with zero attached hydrogens (tertiary/aromatic N) is 5. The number of ether oxygens (including phenoxy) is 1. The molecular formula is C17H16ClN5O3. The van der Waals surface area contributed by atoms with Gasteiger partial charge in [-0.2, -0.15) is 10.1 Å². The minimum absolute atomic E-state index is 0.138. The summed E-state index contributed by atoms with van der Waals surface area (Å²) in [7, 11) is 0. The van der Waals surface area contributed by atoms with Gasteiger partial charge in [-0.05, 0) is 31.2 Å². The molecule has 1 amide bonds. The van der Waals surface area contributed by atoms with E-state index in [0.717, 1.165) is 5.69 Å². The van der Waals surface area contributed by atoms with Crippen LogP contribution in [0.15, 0.2) is 41.4 Å². The zero-order chi connectivity index (χ0) is 18.1. The number of aromatic nitrogens is 4. The zero-order valence-electron chi connectivity index (χ0n) is 14.0. The van der Waals surface area contributed by atoms with E-state index in [9.17, 15) is 4.79 Å². The molecule has 8 nitrogen and oxygen atoms in total. The third kappa shape index (κ3) is 3.09. The minimum atomic E-state index is -0.381. The van der Waals surface area contributed by atoms with Crippen molar-refractivity contribution < 1.29 is 14.1 Å². The predicted octanol–water partition coefficient (Wildman–Crippen LogP) is 2.43. The maximum atomic E-state index is 13.1. The van der Waals surface area contributed by atoms with Gasteiger partial charge in [-0.15, -0.1) is 0 Å². The molecule has 1 atom stereocenters. The standard InChI is InChI=1S/C17H16ClN5O3/c1-11-14(8-23(20-11)13-4-2-12(18)3-5-13)17(24)22-6-7-25-9-15(22)16-19-10-26-21-16/h2-5,8,10,15H,6-7,9H2,1H3.